The highest BCUT2D eigenvalue weighted by Crippen LogP contribution is 2.41. The lowest BCUT2D eigenvalue weighted by Gasteiger charge is -2.39. The first kappa shape index (κ1) is 19.2. The van der Waals surface area contributed by atoms with Crippen molar-refractivity contribution in [3.05, 3.63) is 0 Å². The minimum atomic E-state index is -0.166. The first-order valence-electron chi connectivity index (χ1n) is 9.65. The van der Waals surface area contributed by atoms with E-state index in [0.717, 1.165) is 18.3 Å². The van der Waals surface area contributed by atoms with Crippen molar-refractivity contribution < 1.29 is 14.2 Å². The number of rotatable bonds is 7. The molecule has 0 aliphatic heterocycles. The first-order chi connectivity index (χ1) is 10.9. The number of methoxy groups -OCH3 is 1. The van der Waals surface area contributed by atoms with Crippen LogP contribution in [0.25, 0.3) is 0 Å². The molecule has 5 atom stereocenters. The fourth-order valence-corrected chi connectivity index (χ4v) is 4.71. The zero-order valence-electron chi connectivity index (χ0n) is 16.0. The molecule has 2 fully saturated rings. The van der Waals surface area contributed by atoms with Crippen molar-refractivity contribution in [1.82, 2.24) is 0 Å². The molecule has 0 aromatic rings. The maximum absolute atomic E-state index is 6.04. The van der Waals surface area contributed by atoms with Crippen LogP contribution in [-0.4, -0.2) is 26.3 Å². The van der Waals surface area contributed by atoms with Gasteiger partial charge in [0.15, 0.2) is 6.29 Å². The molecule has 0 amide bonds. The Morgan fingerprint density at radius 3 is 2.35 bits per heavy atom. The zero-order chi connectivity index (χ0) is 16.9. The molecule has 0 aromatic carbocycles. The van der Waals surface area contributed by atoms with Crippen molar-refractivity contribution in [2.24, 2.45) is 23.2 Å². The van der Waals surface area contributed by atoms with E-state index in [1.165, 1.54) is 44.9 Å². The van der Waals surface area contributed by atoms with Gasteiger partial charge in [0, 0.05) is 13.0 Å². The maximum Gasteiger partial charge on any atom is 0.162 e. The molecule has 3 heteroatoms. The number of ether oxygens (including phenoxy) is 3. The minimum Gasteiger partial charge on any atom is -0.356 e. The van der Waals surface area contributed by atoms with E-state index in [2.05, 4.69) is 27.7 Å². The average molecular weight is 327 g/mol. The van der Waals surface area contributed by atoms with E-state index in [9.17, 15) is 0 Å². The van der Waals surface area contributed by atoms with Crippen molar-refractivity contribution in [3.8, 4) is 0 Å². The summed E-state index contributed by atoms with van der Waals surface area (Å²) in [6.45, 7) is 9.35. The lowest BCUT2D eigenvalue weighted by Crippen LogP contribution is -2.33. The molecule has 136 valence electrons. The minimum absolute atomic E-state index is 0.166. The van der Waals surface area contributed by atoms with E-state index >= 15 is 0 Å². The molecule has 0 radical (unpaired) electrons. The summed E-state index contributed by atoms with van der Waals surface area (Å²) in [6, 6.07) is 0. The van der Waals surface area contributed by atoms with Gasteiger partial charge in [-0.2, -0.15) is 0 Å². The average Bonchev–Trinajstić information content (AvgIpc) is 2.49. The molecule has 0 spiro atoms. The lowest BCUT2D eigenvalue weighted by atomic mass is 9.70. The summed E-state index contributed by atoms with van der Waals surface area (Å²) < 4.78 is 17.5. The van der Waals surface area contributed by atoms with Gasteiger partial charge in [-0.1, -0.05) is 53.4 Å². The molecular formula is C20H38O3. The van der Waals surface area contributed by atoms with Crippen LogP contribution in [0.5, 0.6) is 0 Å². The molecule has 3 nitrogen and oxygen atoms in total. The number of fused-ring (bicyclic) bond motifs is 1. The fourth-order valence-electron chi connectivity index (χ4n) is 4.71. The SMILES string of the molecule is COC(OCOC1CCC2CCCCC2C1)C(C)CC(C)(C)C. The molecule has 5 unspecified atom stereocenters. The van der Waals surface area contributed by atoms with Crippen molar-refractivity contribution in [2.75, 3.05) is 13.9 Å². The summed E-state index contributed by atoms with van der Waals surface area (Å²) in [6.07, 6.45) is 10.8. The summed E-state index contributed by atoms with van der Waals surface area (Å²) in [5, 5.41) is 0. The van der Waals surface area contributed by atoms with E-state index in [1.54, 1.807) is 7.11 Å². The van der Waals surface area contributed by atoms with Crippen molar-refractivity contribution in [3.63, 3.8) is 0 Å². The third-order valence-electron chi connectivity index (χ3n) is 5.66. The van der Waals surface area contributed by atoms with E-state index in [4.69, 9.17) is 14.2 Å². The maximum atomic E-state index is 6.04. The van der Waals surface area contributed by atoms with Crippen molar-refractivity contribution in [2.45, 2.75) is 91.5 Å². The summed E-state index contributed by atoms with van der Waals surface area (Å²) in [5.74, 6) is 2.25. The third-order valence-corrected chi connectivity index (χ3v) is 5.66. The second-order valence-electron chi connectivity index (χ2n) is 9.04. The Labute approximate surface area is 143 Å². The smallest absolute Gasteiger partial charge is 0.162 e. The van der Waals surface area contributed by atoms with Crippen LogP contribution in [0.2, 0.25) is 0 Å². The zero-order valence-corrected chi connectivity index (χ0v) is 16.0. The molecule has 0 N–H and O–H groups in total. The molecule has 0 heterocycles. The molecule has 0 saturated heterocycles. The Morgan fingerprint density at radius 1 is 1.00 bits per heavy atom. The van der Waals surface area contributed by atoms with Gasteiger partial charge in [0.1, 0.15) is 6.79 Å². The molecule has 2 aliphatic carbocycles. The van der Waals surface area contributed by atoms with Gasteiger partial charge in [0.2, 0.25) is 0 Å². The number of hydrogen-bond donors (Lipinski definition) is 0. The molecule has 0 aromatic heterocycles. The van der Waals surface area contributed by atoms with Crippen LogP contribution >= 0.6 is 0 Å². The predicted octanol–water partition coefficient (Wildman–Crippen LogP) is 5.38. The van der Waals surface area contributed by atoms with Crippen molar-refractivity contribution >= 4 is 0 Å². The first-order valence-corrected chi connectivity index (χ1v) is 9.65. The monoisotopic (exact) mass is 326 g/mol. The fraction of sp³-hybridized carbons (Fsp3) is 1.00. The summed E-state index contributed by atoms with van der Waals surface area (Å²) in [7, 11) is 1.73. The van der Waals surface area contributed by atoms with Crippen LogP contribution in [0.1, 0.15) is 79.1 Å². The number of hydrogen-bond acceptors (Lipinski definition) is 3. The Bertz CT molecular complexity index is 336. The van der Waals surface area contributed by atoms with Crippen LogP contribution < -0.4 is 0 Å². The summed E-state index contributed by atoms with van der Waals surface area (Å²) >= 11 is 0. The highest BCUT2D eigenvalue weighted by atomic mass is 16.7. The van der Waals surface area contributed by atoms with Gasteiger partial charge < -0.3 is 14.2 Å². The van der Waals surface area contributed by atoms with Gasteiger partial charge in [0.25, 0.3) is 0 Å². The Hall–Kier alpha value is -0.120. The van der Waals surface area contributed by atoms with Gasteiger partial charge in [-0.25, -0.2) is 0 Å². The van der Waals surface area contributed by atoms with E-state index < -0.39 is 0 Å². The molecular weight excluding hydrogens is 288 g/mol. The van der Waals surface area contributed by atoms with Gasteiger partial charge >= 0.3 is 0 Å². The van der Waals surface area contributed by atoms with E-state index in [-0.39, 0.29) is 6.29 Å². The van der Waals surface area contributed by atoms with Crippen LogP contribution in [-0.2, 0) is 14.2 Å². The topological polar surface area (TPSA) is 27.7 Å². The molecule has 0 bridgehead atoms. The van der Waals surface area contributed by atoms with Crippen molar-refractivity contribution in [1.29, 1.82) is 0 Å². The molecule has 2 saturated carbocycles. The summed E-state index contributed by atoms with van der Waals surface area (Å²) in [5.41, 5.74) is 0.291. The van der Waals surface area contributed by atoms with E-state index in [1.807, 2.05) is 0 Å². The van der Waals surface area contributed by atoms with Gasteiger partial charge in [-0.05, 0) is 42.9 Å². The molecule has 2 aliphatic rings. The second-order valence-corrected chi connectivity index (χ2v) is 9.04. The summed E-state index contributed by atoms with van der Waals surface area (Å²) in [4.78, 5) is 0. The van der Waals surface area contributed by atoms with Crippen LogP contribution in [0.3, 0.4) is 0 Å². The Kier molecular flexibility index (Phi) is 7.37. The molecule has 23 heavy (non-hydrogen) atoms. The Balaban J connectivity index is 1.68. The van der Waals surface area contributed by atoms with Crippen LogP contribution in [0.15, 0.2) is 0 Å². The van der Waals surface area contributed by atoms with E-state index in [0.29, 0.717) is 24.2 Å². The predicted molar refractivity (Wildman–Crippen MR) is 94.2 cm³/mol. The van der Waals surface area contributed by atoms with Gasteiger partial charge in [-0.15, -0.1) is 0 Å². The largest absolute Gasteiger partial charge is 0.356 e. The molecule has 2 rings (SSSR count). The second kappa shape index (κ2) is 8.82. The van der Waals surface area contributed by atoms with Gasteiger partial charge in [0.05, 0.1) is 6.10 Å². The standard InChI is InChI=1S/C20H38O3/c1-15(13-20(2,3)4)19(21-5)23-14-22-18-11-10-16-8-6-7-9-17(16)12-18/h15-19H,6-14H2,1-5H3. The van der Waals surface area contributed by atoms with Crippen LogP contribution in [0, 0.1) is 23.2 Å². The normalized spacial score (nSPS) is 31.4. The highest BCUT2D eigenvalue weighted by Gasteiger charge is 2.32. The third kappa shape index (κ3) is 6.36. The highest BCUT2D eigenvalue weighted by molar-refractivity contribution is 4.83. The quantitative estimate of drug-likeness (QED) is 0.588. The lowest BCUT2D eigenvalue weighted by molar-refractivity contribution is -0.221. The van der Waals surface area contributed by atoms with Gasteiger partial charge in [-0.3, -0.25) is 0 Å². The Morgan fingerprint density at radius 2 is 1.70 bits per heavy atom. The van der Waals surface area contributed by atoms with Crippen LogP contribution in [0.4, 0.5) is 0 Å².